The van der Waals surface area contributed by atoms with E-state index in [2.05, 4.69) is 26.8 Å². The lowest BCUT2D eigenvalue weighted by Gasteiger charge is -2.31. The second-order valence-corrected chi connectivity index (χ2v) is 11.1. The van der Waals surface area contributed by atoms with Crippen LogP contribution in [0.5, 0.6) is 5.75 Å². The van der Waals surface area contributed by atoms with Gasteiger partial charge < -0.3 is 14.6 Å². The van der Waals surface area contributed by atoms with Gasteiger partial charge in [-0.15, -0.1) is 0 Å². The first-order chi connectivity index (χ1) is 21.0. The Bertz CT molecular complexity index is 1530. The summed E-state index contributed by atoms with van der Waals surface area (Å²) in [5, 5.41) is 9.03. The van der Waals surface area contributed by atoms with E-state index < -0.39 is 11.6 Å². The number of benzene rings is 4. The van der Waals surface area contributed by atoms with Gasteiger partial charge in [0.1, 0.15) is 11.6 Å². The molecule has 2 atom stereocenters. The highest BCUT2D eigenvalue weighted by atomic mass is 79.9. The average molecular weight is 647 g/mol. The lowest BCUT2D eigenvalue weighted by molar-refractivity contribution is -0.130. The molecule has 0 aliphatic carbocycles. The summed E-state index contributed by atoms with van der Waals surface area (Å²) in [6.07, 6.45) is 0.694. The van der Waals surface area contributed by atoms with E-state index >= 15 is 0 Å². The van der Waals surface area contributed by atoms with Crippen molar-refractivity contribution in [1.82, 2.24) is 10.9 Å². The summed E-state index contributed by atoms with van der Waals surface area (Å²) in [4.78, 5) is 19.3. The minimum atomic E-state index is -1.35. The molecule has 43 heavy (non-hydrogen) atoms. The first-order valence-electron chi connectivity index (χ1n) is 14.2. The highest BCUT2D eigenvalue weighted by Crippen LogP contribution is 2.43. The van der Waals surface area contributed by atoms with Gasteiger partial charge in [0.05, 0.1) is 6.61 Å². The van der Waals surface area contributed by atoms with Crippen molar-refractivity contribution < 1.29 is 23.8 Å². The van der Waals surface area contributed by atoms with Crippen LogP contribution in [0.3, 0.4) is 0 Å². The Hall–Kier alpha value is -4.05. The molecule has 0 saturated carbocycles. The van der Waals surface area contributed by atoms with Crippen LogP contribution < -0.4 is 15.6 Å². The summed E-state index contributed by atoms with van der Waals surface area (Å²) in [6.45, 7) is 0.910. The van der Waals surface area contributed by atoms with Gasteiger partial charge in [0.25, 0.3) is 5.91 Å². The zero-order valence-corrected chi connectivity index (χ0v) is 25.1. The van der Waals surface area contributed by atoms with E-state index in [0.717, 1.165) is 21.2 Å². The van der Waals surface area contributed by atoms with Crippen molar-refractivity contribution in [3.8, 4) is 5.75 Å². The molecule has 1 amide bonds. The molecule has 9 heteroatoms. The number of carbonyl (C=O) groups excluding carboxylic acids is 1. The number of halogens is 2. The number of amides is 1. The van der Waals surface area contributed by atoms with E-state index in [1.807, 2.05) is 78.9 Å². The van der Waals surface area contributed by atoms with E-state index in [9.17, 15) is 9.18 Å². The van der Waals surface area contributed by atoms with Gasteiger partial charge in [-0.1, -0.05) is 76.6 Å². The highest BCUT2D eigenvalue weighted by molar-refractivity contribution is 9.10. The third-order valence-electron chi connectivity index (χ3n) is 7.20. The number of nitrogens with one attached hydrogen (secondary N) is 2. The van der Waals surface area contributed by atoms with Crippen molar-refractivity contribution in [3.63, 3.8) is 0 Å². The molecule has 0 spiro atoms. The Morgan fingerprint density at radius 3 is 2.42 bits per heavy atom. The molecular formula is C34H33BrFN3O4. The number of rotatable bonds is 13. The molecule has 7 nitrogen and oxygen atoms in total. The maximum Gasteiger partial charge on any atom is 0.266 e. The minimum absolute atomic E-state index is 0.0619. The van der Waals surface area contributed by atoms with Gasteiger partial charge in [-0.3, -0.25) is 10.2 Å². The fourth-order valence-corrected chi connectivity index (χ4v) is 5.38. The maximum absolute atomic E-state index is 14.2. The van der Waals surface area contributed by atoms with Crippen LogP contribution in [0.4, 0.5) is 4.39 Å². The highest BCUT2D eigenvalue weighted by Gasteiger charge is 2.53. The standard InChI is InChI=1S/C34H33BrFN3O4/c35-30-10-5-4-9-27(30)23-34(33(41)39-37-20-19-24-11-15-28(36)16-12-24)31(25-7-2-1-3-8-25)43-32(38-34)26-13-17-29(18-14-26)42-22-6-21-40/h1-5,7-18,31,37,40H,6,19-23H2,(H,39,41)/t31-,34-/m0/s1. The summed E-state index contributed by atoms with van der Waals surface area (Å²) >= 11 is 3.65. The summed E-state index contributed by atoms with van der Waals surface area (Å²) in [6, 6.07) is 31.0. The average Bonchev–Trinajstić information content (AvgIpc) is 3.42. The Balaban J connectivity index is 1.46. The molecule has 0 fully saturated rings. The van der Waals surface area contributed by atoms with Crippen LogP contribution in [0.2, 0.25) is 0 Å². The molecule has 3 N–H and O–H groups in total. The summed E-state index contributed by atoms with van der Waals surface area (Å²) < 4.78 is 26.4. The molecule has 0 radical (unpaired) electrons. The van der Waals surface area contributed by atoms with E-state index in [4.69, 9.17) is 19.6 Å². The number of hydrazine groups is 1. The third-order valence-corrected chi connectivity index (χ3v) is 7.98. The fraction of sp³-hybridized carbons (Fsp3) is 0.235. The van der Waals surface area contributed by atoms with Crippen molar-refractivity contribution in [2.75, 3.05) is 19.8 Å². The number of ether oxygens (including phenoxy) is 2. The molecule has 0 unspecified atom stereocenters. The molecule has 0 aromatic heterocycles. The van der Waals surface area contributed by atoms with Crippen LogP contribution >= 0.6 is 15.9 Å². The van der Waals surface area contributed by atoms with E-state index in [1.54, 1.807) is 12.1 Å². The van der Waals surface area contributed by atoms with Gasteiger partial charge in [0.2, 0.25) is 5.90 Å². The van der Waals surface area contributed by atoms with Crippen molar-refractivity contribution >= 4 is 27.7 Å². The van der Waals surface area contributed by atoms with Crippen molar-refractivity contribution in [3.05, 3.63) is 136 Å². The lowest BCUT2D eigenvalue weighted by Crippen LogP contribution is -2.54. The first-order valence-corrected chi connectivity index (χ1v) is 14.9. The van der Waals surface area contributed by atoms with Crippen molar-refractivity contribution in [2.45, 2.75) is 30.9 Å². The molecule has 5 rings (SSSR count). The Morgan fingerprint density at radius 1 is 0.977 bits per heavy atom. The quantitative estimate of drug-likeness (QED) is 0.128. The molecule has 222 valence electrons. The molecule has 4 aromatic carbocycles. The van der Waals surface area contributed by atoms with Gasteiger partial charge in [-0.2, -0.15) is 0 Å². The number of aliphatic hydroxyl groups is 1. The largest absolute Gasteiger partial charge is 0.494 e. The number of hydrogen-bond donors (Lipinski definition) is 3. The Kier molecular flexibility index (Phi) is 10.2. The summed E-state index contributed by atoms with van der Waals surface area (Å²) in [5.74, 6) is 0.391. The van der Waals surface area contributed by atoms with Gasteiger partial charge in [-0.25, -0.2) is 14.8 Å². The SMILES string of the molecule is O=C(NNCCc1ccc(F)cc1)[C@@]1(Cc2ccccc2Br)N=C(c2ccc(OCCCO)cc2)O[C@H]1c1ccccc1. The number of hydrogen-bond acceptors (Lipinski definition) is 6. The van der Waals surface area contributed by atoms with Crippen molar-refractivity contribution in [2.24, 2.45) is 4.99 Å². The fourth-order valence-electron chi connectivity index (χ4n) is 4.95. The molecule has 1 heterocycles. The molecule has 0 bridgehead atoms. The number of nitrogens with zero attached hydrogens (tertiary/aromatic N) is 1. The zero-order chi connectivity index (χ0) is 30.1. The molecule has 0 saturated heterocycles. The van der Waals surface area contributed by atoms with Gasteiger partial charge in [0, 0.05) is 36.0 Å². The number of aliphatic imine (C=N–C) groups is 1. The normalized spacial score (nSPS) is 17.7. The first kappa shape index (κ1) is 30.4. The molecular weight excluding hydrogens is 613 g/mol. The van der Waals surface area contributed by atoms with Crippen LogP contribution in [0.25, 0.3) is 0 Å². The van der Waals surface area contributed by atoms with Crippen LogP contribution in [-0.4, -0.2) is 42.2 Å². The lowest BCUT2D eigenvalue weighted by atomic mass is 9.82. The number of carbonyl (C=O) groups is 1. The smallest absolute Gasteiger partial charge is 0.266 e. The maximum atomic E-state index is 14.2. The van der Waals surface area contributed by atoms with E-state index in [0.29, 0.717) is 43.2 Å². The second-order valence-electron chi connectivity index (χ2n) is 10.2. The van der Waals surface area contributed by atoms with Crippen LogP contribution in [0.15, 0.2) is 113 Å². The van der Waals surface area contributed by atoms with Crippen LogP contribution in [-0.2, 0) is 22.4 Å². The molecule has 4 aromatic rings. The van der Waals surface area contributed by atoms with Gasteiger partial charge in [-0.05, 0) is 65.6 Å². The van der Waals surface area contributed by atoms with Gasteiger partial charge in [0.15, 0.2) is 11.6 Å². The Morgan fingerprint density at radius 2 is 1.70 bits per heavy atom. The van der Waals surface area contributed by atoms with Crippen LogP contribution in [0, 0.1) is 5.82 Å². The molecule has 1 aliphatic rings. The summed E-state index contributed by atoms with van der Waals surface area (Å²) in [5.41, 5.74) is 7.97. The van der Waals surface area contributed by atoms with Crippen molar-refractivity contribution in [1.29, 1.82) is 0 Å². The zero-order valence-electron chi connectivity index (χ0n) is 23.5. The predicted molar refractivity (Wildman–Crippen MR) is 167 cm³/mol. The topological polar surface area (TPSA) is 92.2 Å². The predicted octanol–water partition coefficient (Wildman–Crippen LogP) is 5.71. The minimum Gasteiger partial charge on any atom is -0.494 e. The Labute approximate surface area is 258 Å². The number of aliphatic hydroxyl groups excluding tert-OH is 1. The van der Waals surface area contributed by atoms with E-state index in [1.165, 1.54) is 12.1 Å². The third kappa shape index (κ3) is 7.48. The monoisotopic (exact) mass is 645 g/mol. The van der Waals surface area contributed by atoms with Gasteiger partial charge >= 0.3 is 0 Å². The molecule has 1 aliphatic heterocycles. The van der Waals surface area contributed by atoms with Crippen LogP contribution in [0.1, 0.15) is 34.8 Å². The second kappa shape index (κ2) is 14.4. The van der Waals surface area contributed by atoms with E-state index in [-0.39, 0.29) is 24.8 Å². The summed E-state index contributed by atoms with van der Waals surface area (Å²) in [7, 11) is 0.